The van der Waals surface area contributed by atoms with Crippen molar-refractivity contribution in [1.29, 1.82) is 0 Å². The fourth-order valence-corrected chi connectivity index (χ4v) is 3.78. The van der Waals surface area contributed by atoms with Crippen LogP contribution >= 0.6 is 0 Å². The molecule has 4 rings (SSSR count). The molecule has 8 nitrogen and oxygen atoms in total. The van der Waals surface area contributed by atoms with Gasteiger partial charge in [-0.3, -0.25) is 9.59 Å². The third-order valence-electron chi connectivity index (χ3n) is 5.91. The minimum atomic E-state index is -0.273. The van der Waals surface area contributed by atoms with Crippen LogP contribution in [0.3, 0.4) is 0 Å². The summed E-state index contributed by atoms with van der Waals surface area (Å²) < 4.78 is 22.6. The third kappa shape index (κ3) is 9.93. The van der Waals surface area contributed by atoms with Gasteiger partial charge in [0.1, 0.15) is 49.4 Å². The highest BCUT2D eigenvalue weighted by molar-refractivity contribution is 5.95. The number of amides is 2. The van der Waals surface area contributed by atoms with Crippen LogP contribution in [0.2, 0.25) is 0 Å². The van der Waals surface area contributed by atoms with E-state index in [9.17, 15) is 9.59 Å². The maximum atomic E-state index is 12.6. The molecule has 4 aromatic carbocycles. The van der Waals surface area contributed by atoms with Gasteiger partial charge in [0.2, 0.25) is 0 Å². The Hall–Kier alpha value is -4.98. The Labute approximate surface area is 240 Å². The van der Waals surface area contributed by atoms with Gasteiger partial charge in [-0.2, -0.15) is 0 Å². The summed E-state index contributed by atoms with van der Waals surface area (Å²) in [5.74, 6) is 2.41. The molecule has 0 aromatic heterocycles. The molecule has 0 heterocycles. The lowest BCUT2D eigenvalue weighted by Gasteiger charge is -2.15. The molecule has 2 N–H and O–H groups in total. The zero-order chi connectivity index (χ0) is 28.7. The first-order valence-corrected chi connectivity index (χ1v) is 13.5. The number of benzene rings is 4. The second kappa shape index (κ2) is 15.6. The molecule has 0 aliphatic heterocycles. The van der Waals surface area contributed by atoms with Gasteiger partial charge in [-0.15, -0.1) is 0 Å². The quantitative estimate of drug-likeness (QED) is 0.197. The predicted molar refractivity (Wildman–Crippen MR) is 157 cm³/mol. The van der Waals surface area contributed by atoms with Gasteiger partial charge in [0, 0.05) is 23.7 Å². The number of hydrogen-bond donors (Lipinski definition) is 2. The first-order chi connectivity index (χ1) is 20.1. The molecule has 0 spiro atoms. The highest BCUT2D eigenvalue weighted by Crippen LogP contribution is 2.15. The van der Waals surface area contributed by atoms with Crippen LogP contribution in [0.4, 0.5) is 0 Å². The Bertz CT molecular complexity index is 1350. The standard InChI is InChI=1S/C33H34N2O6/c1-25(35-33(37)27-14-18-31(19-15-27)41-23-21-39-29-10-6-3-7-11-29)24-34-32(36)26-12-16-30(17-13-26)40-22-20-38-28-8-4-2-5-9-28/h2-19,25H,20-24H2,1H3,(H,34,36)(H,35,37). The van der Waals surface area contributed by atoms with Crippen molar-refractivity contribution in [2.75, 3.05) is 33.0 Å². The van der Waals surface area contributed by atoms with Crippen molar-refractivity contribution >= 4 is 11.8 Å². The van der Waals surface area contributed by atoms with Crippen molar-refractivity contribution in [3.8, 4) is 23.0 Å². The molecular weight excluding hydrogens is 520 g/mol. The van der Waals surface area contributed by atoms with Crippen molar-refractivity contribution in [3.05, 3.63) is 120 Å². The van der Waals surface area contributed by atoms with Crippen LogP contribution in [0.15, 0.2) is 109 Å². The summed E-state index contributed by atoms with van der Waals surface area (Å²) in [6, 6.07) is 32.6. The van der Waals surface area contributed by atoms with Gasteiger partial charge < -0.3 is 29.6 Å². The van der Waals surface area contributed by atoms with Crippen molar-refractivity contribution < 1.29 is 28.5 Å². The van der Waals surface area contributed by atoms with E-state index in [1.807, 2.05) is 67.6 Å². The van der Waals surface area contributed by atoms with Gasteiger partial charge in [-0.25, -0.2) is 0 Å². The van der Waals surface area contributed by atoms with E-state index >= 15 is 0 Å². The lowest BCUT2D eigenvalue weighted by molar-refractivity contribution is 0.0912. The van der Waals surface area contributed by atoms with Crippen LogP contribution in [0.25, 0.3) is 0 Å². The fourth-order valence-electron chi connectivity index (χ4n) is 3.78. The Kier molecular flexibility index (Phi) is 11.0. The summed E-state index contributed by atoms with van der Waals surface area (Å²) in [5, 5.41) is 5.74. The lowest BCUT2D eigenvalue weighted by atomic mass is 10.2. The smallest absolute Gasteiger partial charge is 0.251 e. The average Bonchev–Trinajstić information content (AvgIpc) is 3.02. The number of ether oxygens (including phenoxy) is 4. The highest BCUT2D eigenvalue weighted by atomic mass is 16.5. The number of hydrogen-bond acceptors (Lipinski definition) is 6. The second-order valence-corrected chi connectivity index (χ2v) is 9.15. The summed E-state index contributed by atoms with van der Waals surface area (Å²) in [5.41, 5.74) is 1.00. The molecule has 1 unspecified atom stereocenters. The summed E-state index contributed by atoms with van der Waals surface area (Å²) >= 11 is 0. The van der Waals surface area contributed by atoms with E-state index in [2.05, 4.69) is 10.6 Å². The maximum Gasteiger partial charge on any atom is 0.251 e. The van der Waals surface area contributed by atoms with Gasteiger partial charge in [-0.05, 0) is 79.7 Å². The fraction of sp³-hybridized carbons (Fsp3) is 0.212. The number of carbonyl (C=O) groups is 2. The van der Waals surface area contributed by atoms with Crippen molar-refractivity contribution in [1.82, 2.24) is 10.6 Å². The summed E-state index contributed by atoms with van der Waals surface area (Å²) in [6.45, 7) is 3.71. The molecule has 2 amide bonds. The molecule has 0 saturated carbocycles. The summed E-state index contributed by atoms with van der Waals surface area (Å²) in [7, 11) is 0. The van der Waals surface area contributed by atoms with E-state index in [-0.39, 0.29) is 24.4 Å². The minimum Gasteiger partial charge on any atom is -0.490 e. The van der Waals surface area contributed by atoms with Crippen LogP contribution < -0.4 is 29.6 Å². The Morgan fingerprint density at radius 3 is 1.32 bits per heavy atom. The van der Waals surface area contributed by atoms with Crippen LogP contribution in [0.5, 0.6) is 23.0 Å². The van der Waals surface area contributed by atoms with Crippen LogP contribution in [-0.4, -0.2) is 50.8 Å². The van der Waals surface area contributed by atoms with Crippen LogP contribution in [0, 0.1) is 0 Å². The first kappa shape index (κ1) is 29.0. The zero-order valence-electron chi connectivity index (χ0n) is 23.0. The number of rotatable bonds is 15. The van der Waals surface area contributed by atoms with E-state index in [0.29, 0.717) is 49.1 Å². The number of carbonyl (C=O) groups excluding carboxylic acids is 2. The molecule has 41 heavy (non-hydrogen) atoms. The minimum absolute atomic E-state index is 0.233. The normalized spacial score (nSPS) is 11.1. The van der Waals surface area contributed by atoms with Gasteiger partial charge >= 0.3 is 0 Å². The van der Waals surface area contributed by atoms with E-state index in [0.717, 1.165) is 11.5 Å². The SMILES string of the molecule is CC(CNC(=O)c1ccc(OCCOc2ccccc2)cc1)NC(=O)c1ccc(OCCOc2ccccc2)cc1. The van der Waals surface area contributed by atoms with Gasteiger partial charge in [-0.1, -0.05) is 36.4 Å². The highest BCUT2D eigenvalue weighted by Gasteiger charge is 2.12. The third-order valence-corrected chi connectivity index (χ3v) is 5.91. The molecule has 0 aliphatic rings. The average molecular weight is 555 g/mol. The van der Waals surface area contributed by atoms with Crippen molar-refractivity contribution in [2.45, 2.75) is 13.0 Å². The Balaban J connectivity index is 1.12. The van der Waals surface area contributed by atoms with Gasteiger partial charge in [0.05, 0.1) is 0 Å². The summed E-state index contributed by atoms with van der Waals surface area (Å²) in [4.78, 5) is 25.2. The first-order valence-electron chi connectivity index (χ1n) is 13.5. The molecule has 0 saturated heterocycles. The molecule has 1 atom stereocenters. The van der Waals surface area contributed by atoms with E-state index < -0.39 is 0 Å². The van der Waals surface area contributed by atoms with Gasteiger partial charge in [0.25, 0.3) is 11.8 Å². The monoisotopic (exact) mass is 554 g/mol. The molecule has 0 radical (unpaired) electrons. The Morgan fingerprint density at radius 1 is 0.537 bits per heavy atom. The second-order valence-electron chi connectivity index (χ2n) is 9.15. The van der Waals surface area contributed by atoms with Crippen molar-refractivity contribution in [2.24, 2.45) is 0 Å². The van der Waals surface area contributed by atoms with E-state index in [1.165, 1.54) is 0 Å². The molecule has 0 bridgehead atoms. The van der Waals surface area contributed by atoms with Crippen molar-refractivity contribution in [3.63, 3.8) is 0 Å². The largest absolute Gasteiger partial charge is 0.490 e. The van der Waals surface area contributed by atoms with Crippen LogP contribution in [-0.2, 0) is 0 Å². The predicted octanol–water partition coefficient (Wildman–Crippen LogP) is 5.15. The van der Waals surface area contributed by atoms with E-state index in [1.54, 1.807) is 48.5 Å². The lowest BCUT2D eigenvalue weighted by Crippen LogP contribution is -2.41. The number of nitrogens with one attached hydrogen (secondary N) is 2. The summed E-state index contributed by atoms with van der Waals surface area (Å²) in [6.07, 6.45) is 0. The molecule has 8 heteroatoms. The van der Waals surface area contributed by atoms with E-state index in [4.69, 9.17) is 18.9 Å². The zero-order valence-corrected chi connectivity index (χ0v) is 23.0. The molecular formula is C33H34N2O6. The molecule has 4 aromatic rings. The van der Waals surface area contributed by atoms with Crippen LogP contribution in [0.1, 0.15) is 27.6 Å². The number of para-hydroxylation sites is 2. The topological polar surface area (TPSA) is 95.1 Å². The maximum absolute atomic E-state index is 12.6. The molecule has 0 fully saturated rings. The van der Waals surface area contributed by atoms with Gasteiger partial charge in [0.15, 0.2) is 0 Å². The molecule has 0 aliphatic carbocycles. The molecule has 212 valence electrons. The Morgan fingerprint density at radius 2 is 0.902 bits per heavy atom.